The van der Waals surface area contributed by atoms with E-state index in [0.717, 1.165) is 30.6 Å². The zero-order chi connectivity index (χ0) is 14.8. The van der Waals surface area contributed by atoms with Gasteiger partial charge in [0.1, 0.15) is 12.4 Å². The highest BCUT2D eigenvalue weighted by atomic mass is 16.5. The van der Waals surface area contributed by atoms with Crippen LogP contribution in [0.25, 0.3) is 0 Å². The largest absolute Gasteiger partial charge is 0.489 e. The molecule has 2 aromatic rings. The molecule has 1 atom stereocenters. The summed E-state index contributed by atoms with van der Waals surface area (Å²) in [5.74, 6) is 0.845. The van der Waals surface area contributed by atoms with Crippen LogP contribution >= 0.6 is 0 Å². The molecule has 2 heteroatoms. The molecule has 0 aliphatic heterocycles. The molecule has 1 N–H and O–H groups in total. The number of ether oxygens (including phenoxy) is 1. The predicted molar refractivity (Wildman–Crippen MR) is 84.6 cm³/mol. The Kier molecular flexibility index (Phi) is 3.98. The van der Waals surface area contributed by atoms with Gasteiger partial charge in [-0.2, -0.15) is 0 Å². The normalized spacial score (nSPS) is 17.4. The van der Waals surface area contributed by atoms with Gasteiger partial charge in [-0.1, -0.05) is 24.3 Å². The minimum absolute atomic E-state index is 0.336. The van der Waals surface area contributed by atoms with Crippen molar-refractivity contribution in [2.45, 2.75) is 45.8 Å². The first-order valence-corrected chi connectivity index (χ1v) is 7.64. The van der Waals surface area contributed by atoms with Crippen LogP contribution in [0.5, 0.6) is 5.75 Å². The van der Waals surface area contributed by atoms with Gasteiger partial charge in [-0.05, 0) is 73.1 Å². The van der Waals surface area contributed by atoms with Crippen LogP contribution in [0.15, 0.2) is 36.4 Å². The summed E-state index contributed by atoms with van der Waals surface area (Å²) in [5, 5.41) is 10.1. The summed E-state index contributed by atoms with van der Waals surface area (Å²) in [7, 11) is 0. The van der Waals surface area contributed by atoms with E-state index in [1.807, 2.05) is 12.1 Å². The molecule has 0 unspecified atom stereocenters. The van der Waals surface area contributed by atoms with Crippen molar-refractivity contribution in [3.63, 3.8) is 0 Å². The lowest BCUT2D eigenvalue weighted by atomic mass is 9.89. The molecule has 0 radical (unpaired) electrons. The van der Waals surface area contributed by atoms with E-state index in [0.29, 0.717) is 6.61 Å². The number of aliphatic hydroxyl groups excluding tert-OH is 1. The van der Waals surface area contributed by atoms with Crippen LogP contribution in [0, 0.1) is 13.8 Å². The molecule has 0 saturated carbocycles. The van der Waals surface area contributed by atoms with E-state index in [-0.39, 0.29) is 6.10 Å². The average Bonchev–Trinajstić information content (AvgIpc) is 2.47. The minimum Gasteiger partial charge on any atom is -0.489 e. The van der Waals surface area contributed by atoms with Crippen molar-refractivity contribution in [2.24, 2.45) is 0 Å². The number of hydrogen-bond donors (Lipinski definition) is 1. The van der Waals surface area contributed by atoms with Gasteiger partial charge in [0, 0.05) is 0 Å². The maximum absolute atomic E-state index is 10.1. The second-order valence-corrected chi connectivity index (χ2v) is 5.93. The minimum atomic E-state index is -0.336. The average molecular weight is 282 g/mol. The van der Waals surface area contributed by atoms with Gasteiger partial charge in [0.15, 0.2) is 0 Å². The standard InChI is InChI=1S/C19H22O2/c1-13-5-3-6-14(2)18(13)12-21-16-10-9-15-7-4-8-19(20)17(15)11-16/h3,5-6,9-11,19-20H,4,7-8,12H2,1-2H3/t19-/m1/s1. The van der Waals surface area contributed by atoms with Crippen molar-refractivity contribution in [2.75, 3.05) is 0 Å². The van der Waals surface area contributed by atoms with Crippen LogP contribution in [-0.4, -0.2) is 5.11 Å². The predicted octanol–water partition coefficient (Wildman–Crippen LogP) is 4.25. The van der Waals surface area contributed by atoms with Gasteiger partial charge in [-0.25, -0.2) is 0 Å². The smallest absolute Gasteiger partial charge is 0.120 e. The van der Waals surface area contributed by atoms with Crippen LogP contribution < -0.4 is 4.74 Å². The monoisotopic (exact) mass is 282 g/mol. The van der Waals surface area contributed by atoms with E-state index in [4.69, 9.17) is 4.74 Å². The van der Waals surface area contributed by atoms with E-state index in [1.165, 1.54) is 22.3 Å². The first kappa shape index (κ1) is 14.2. The molecule has 21 heavy (non-hydrogen) atoms. The summed E-state index contributed by atoms with van der Waals surface area (Å²) >= 11 is 0. The highest BCUT2D eigenvalue weighted by Crippen LogP contribution is 2.32. The second-order valence-electron chi connectivity index (χ2n) is 5.93. The van der Waals surface area contributed by atoms with E-state index < -0.39 is 0 Å². The SMILES string of the molecule is Cc1cccc(C)c1COc1ccc2c(c1)[C@H](O)CCC2. The topological polar surface area (TPSA) is 29.5 Å². The summed E-state index contributed by atoms with van der Waals surface area (Å²) < 4.78 is 5.96. The lowest BCUT2D eigenvalue weighted by molar-refractivity contribution is 0.156. The molecule has 110 valence electrons. The van der Waals surface area contributed by atoms with Crippen LogP contribution in [0.4, 0.5) is 0 Å². The van der Waals surface area contributed by atoms with E-state index in [9.17, 15) is 5.11 Å². The van der Waals surface area contributed by atoms with Crippen molar-refractivity contribution < 1.29 is 9.84 Å². The van der Waals surface area contributed by atoms with Gasteiger partial charge in [0.25, 0.3) is 0 Å². The fourth-order valence-electron chi connectivity index (χ4n) is 3.07. The lowest BCUT2D eigenvalue weighted by Crippen LogP contribution is -2.09. The van der Waals surface area contributed by atoms with Gasteiger partial charge in [-0.15, -0.1) is 0 Å². The third-order valence-corrected chi connectivity index (χ3v) is 4.43. The Balaban J connectivity index is 1.78. The van der Waals surface area contributed by atoms with Crippen molar-refractivity contribution in [3.05, 3.63) is 64.2 Å². The van der Waals surface area contributed by atoms with Crippen molar-refractivity contribution in [1.29, 1.82) is 0 Å². The Labute approximate surface area is 126 Å². The van der Waals surface area contributed by atoms with Gasteiger partial charge in [0.2, 0.25) is 0 Å². The van der Waals surface area contributed by atoms with E-state index in [2.05, 4.69) is 38.1 Å². The second kappa shape index (κ2) is 5.90. The lowest BCUT2D eigenvalue weighted by Gasteiger charge is -2.22. The molecule has 0 bridgehead atoms. The molecule has 0 amide bonds. The van der Waals surface area contributed by atoms with Gasteiger partial charge >= 0.3 is 0 Å². The van der Waals surface area contributed by atoms with Crippen LogP contribution in [0.2, 0.25) is 0 Å². The molecule has 0 heterocycles. The Hall–Kier alpha value is -1.80. The third kappa shape index (κ3) is 2.96. The van der Waals surface area contributed by atoms with Crippen LogP contribution in [0.1, 0.15) is 46.8 Å². The molecule has 0 aromatic heterocycles. The molecule has 0 saturated heterocycles. The molecule has 0 spiro atoms. The maximum atomic E-state index is 10.1. The van der Waals surface area contributed by atoms with Gasteiger partial charge in [-0.3, -0.25) is 0 Å². The first-order valence-electron chi connectivity index (χ1n) is 7.64. The van der Waals surface area contributed by atoms with Crippen LogP contribution in [-0.2, 0) is 13.0 Å². The summed E-state index contributed by atoms with van der Waals surface area (Å²) in [6.07, 6.45) is 2.64. The Morgan fingerprint density at radius 2 is 1.90 bits per heavy atom. The Bertz CT molecular complexity index is 626. The molecule has 1 aliphatic carbocycles. The van der Waals surface area contributed by atoms with E-state index >= 15 is 0 Å². The highest BCUT2D eigenvalue weighted by Gasteiger charge is 2.18. The van der Waals surface area contributed by atoms with Crippen molar-refractivity contribution >= 4 is 0 Å². The number of hydrogen-bond acceptors (Lipinski definition) is 2. The zero-order valence-corrected chi connectivity index (χ0v) is 12.7. The molecule has 0 fully saturated rings. The number of benzene rings is 2. The highest BCUT2D eigenvalue weighted by molar-refractivity contribution is 5.39. The maximum Gasteiger partial charge on any atom is 0.120 e. The molecular weight excluding hydrogens is 260 g/mol. The Morgan fingerprint density at radius 1 is 1.14 bits per heavy atom. The fraction of sp³-hybridized carbons (Fsp3) is 0.368. The number of aryl methyl sites for hydroxylation is 3. The zero-order valence-electron chi connectivity index (χ0n) is 12.7. The molecule has 2 aromatic carbocycles. The third-order valence-electron chi connectivity index (χ3n) is 4.43. The van der Waals surface area contributed by atoms with Gasteiger partial charge in [0.05, 0.1) is 6.10 Å². The number of rotatable bonds is 3. The fourth-order valence-corrected chi connectivity index (χ4v) is 3.07. The molecule has 2 nitrogen and oxygen atoms in total. The number of aliphatic hydroxyl groups is 1. The molecular formula is C19H22O2. The summed E-state index contributed by atoms with van der Waals surface area (Å²) in [5.41, 5.74) is 6.06. The summed E-state index contributed by atoms with van der Waals surface area (Å²) in [6, 6.07) is 12.4. The molecule has 1 aliphatic rings. The molecule has 3 rings (SSSR count). The van der Waals surface area contributed by atoms with E-state index in [1.54, 1.807) is 0 Å². The summed E-state index contributed by atoms with van der Waals surface area (Å²) in [6.45, 7) is 4.80. The summed E-state index contributed by atoms with van der Waals surface area (Å²) in [4.78, 5) is 0. The van der Waals surface area contributed by atoms with Crippen molar-refractivity contribution in [3.8, 4) is 5.75 Å². The van der Waals surface area contributed by atoms with Crippen molar-refractivity contribution in [1.82, 2.24) is 0 Å². The Morgan fingerprint density at radius 3 is 2.67 bits per heavy atom. The van der Waals surface area contributed by atoms with Gasteiger partial charge < -0.3 is 9.84 Å². The number of fused-ring (bicyclic) bond motifs is 1. The van der Waals surface area contributed by atoms with Crippen LogP contribution in [0.3, 0.4) is 0 Å². The quantitative estimate of drug-likeness (QED) is 0.911. The first-order chi connectivity index (χ1) is 10.1.